The lowest BCUT2D eigenvalue weighted by Crippen LogP contribution is -2.18. The Morgan fingerprint density at radius 1 is 1.31 bits per heavy atom. The molecule has 13 heavy (non-hydrogen) atoms. The second-order valence-corrected chi connectivity index (χ2v) is 6.02. The van der Waals surface area contributed by atoms with Gasteiger partial charge < -0.3 is 0 Å². The third-order valence-corrected chi connectivity index (χ3v) is 2.34. The van der Waals surface area contributed by atoms with Crippen molar-refractivity contribution in [3.63, 3.8) is 0 Å². The van der Waals surface area contributed by atoms with Crippen LogP contribution in [0.15, 0.2) is 24.3 Å². The third kappa shape index (κ3) is 3.04. The summed E-state index contributed by atoms with van der Waals surface area (Å²) in [6.45, 7) is 0. The maximum absolute atomic E-state index is 13.0. The molecule has 1 aromatic rings. The lowest BCUT2D eigenvalue weighted by molar-refractivity contribution is 0.0926. The van der Waals surface area contributed by atoms with E-state index in [-0.39, 0.29) is 5.56 Å². The second kappa shape index (κ2) is 4.07. The minimum atomic E-state index is -2.20. The molecular formula is C8H4Br2ClFO. The number of benzene rings is 1. The van der Waals surface area contributed by atoms with Crippen LogP contribution in [0.3, 0.4) is 0 Å². The number of rotatable bonds is 2. The first kappa shape index (κ1) is 11.1. The number of ketones is 1. The third-order valence-electron chi connectivity index (χ3n) is 1.36. The molecule has 70 valence electrons. The monoisotopic (exact) mass is 328 g/mol. The highest BCUT2D eigenvalue weighted by Gasteiger charge is 2.32. The summed E-state index contributed by atoms with van der Waals surface area (Å²) in [5.41, 5.74) is 0.251. The second-order valence-electron chi connectivity index (χ2n) is 2.33. The van der Waals surface area contributed by atoms with Gasteiger partial charge in [-0.3, -0.25) is 4.79 Å². The van der Waals surface area contributed by atoms with Gasteiger partial charge in [0.1, 0.15) is 0 Å². The van der Waals surface area contributed by atoms with Crippen LogP contribution in [-0.2, 0) is 0 Å². The van der Waals surface area contributed by atoms with Crippen LogP contribution in [0.4, 0.5) is 4.39 Å². The van der Waals surface area contributed by atoms with Crippen molar-refractivity contribution in [3.05, 3.63) is 34.9 Å². The van der Waals surface area contributed by atoms with Gasteiger partial charge in [-0.2, -0.15) is 0 Å². The summed E-state index contributed by atoms with van der Waals surface area (Å²) in [4.78, 5) is 11.3. The van der Waals surface area contributed by atoms with E-state index in [2.05, 4.69) is 31.9 Å². The lowest BCUT2D eigenvalue weighted by Gasteiger charge is -2.08. The van der Waals surface area contributed by atoms with Gasteiger partial charge in [-0.05, 0) is 56.1 Å². The highest BCUT2D eigenvalue weighted by molar-refractivity contribution is 9.25. The van der Waals surface area contributed by atoms with E-state index in [4.69, 9.17) is 11.6 Å². The van der Waals surface area contributed by atoms with Crippen molar-refractivity contribution in [1.82, 2.24) is 0 Å². The first-order valence-corrected chi connectivity index (χ1v) is 5.25. The van der Waals surface area contributed by atoms with E-state index >= 15 is 0 Å². The average Bonchev–Trinajstić information content (AvgIpc) is 2.03. The quantitative estimate of drug-likeness (QED) is 0.593. The molecule has 0 fully saturated rings. The standard InChI is InChI=1S/C8H4Br2ClFO/c9-8(10,12)7(13)5-1-3-6(11)4-2-5/h1-4H. The van der Waals surface area contributed by atoms with Gasteiger partial charge in [-0.25, -0.2) is 4.39 Å². The largest absolute Gasteiger partial charge is 0.288 e. The highest BCUT2D eigenvalue weighted by atomic mass is 79.9. The molecule has 0 aliphatic rings. The van der Waals surface area contributed by atoms with E-state index < -0.39 is 9.27 Å². The van der Waals surface area contributed by atoms with Crippen molar-refractivity contribution >= 4 is 49.2 Å². The maximum Gasteiger partial charge on any atom is 0.280 e. The SMILES string of the molecule is O=C(c1ccc(Cl)cc1)C(F)(Br)Br. The number of carbonyl (C=O) groups is 1. The van der Waals surface area contributed by atoms with E-state index in [1.165, 1.54) is 24.3 Å². The molecule has 0 radical (unpaired) electrons. The summed E-state index contributed by atoms with van der Waals surface area (Å²) in [5.74, 6) is -0.691. The van der Waals surface area contributed by atoms with Crippen molar-refractivity contribution in [1.29, 1.82) is 0 Å². The number of halogens is 4. The molecule has 0 bridgehead atoms. The van der Waals surface area contributed by atoms with E-state index in [0.717, 1.165) is 0 Å². The Morgan fingerprint density at radius 3 is 2.15 bits per heavy atom. The predicted octanol–water partition coefficient (Wildman–Crippen LogP) is 3.94. The summed E-state index contributed by atoms with van der Waals surface area (Å²) in [6, 6.07) is 5.98. The summed E-state index contributed by atoms with van der Waals surface area (Å²) < 4.78 is 10.8. The Bertz CT molecular complexity index is 318. The molecule has 0 aliphatic heterocycles. The Kier molecular flexibility index (Phi) is 3.49. The van der Waals surface area contributed by atoms with Gasteiger partial charge in [0, 0.05) is 10.6 Å². The van der Waals surface area contributed by atoms with Gasteiger partial charge in [0.2, 0.25) is 5.78 Å². The fraction of sp³-hybridized carbons (Fsp3) is 0.125. The van der Waals surface area contributed by atoms with Gasteiger partial charge in [0.05, 0.1) is 0 Å². The first-order valence-electron chi connectivity index (χ1n) is 3.28. The molecule has 0 atom stereocenters. The zero-order valence-corrected chi connectivity index (χ0v) is 10.2. The van der Waals surface area contributed by atoms with Crippen LogP contribution in [0.2, 0.25) is 5.02 Å². The minimum absolute atomic E-state index is 0.251. The molecule has 0 saturated heterocycles. The average molecular weight is 330 g/mol. The van der Waals surface area contributed by atoms with E-state index in [9.17, 15) is 9.18 Å². The van der Waals surface area contributed by atoms with Crippen molar-refractivity contribution in [2.45, 2.75) is 3.49 Å². The molecule has 0 N–H and O–H groups in total. The molecule has 0 heterocycles. The number of carbonyl (C=O) groups excluding carboxylic acids is 1. The van der Waals surface area contributed by atoms with Crippen molar-refractivity contribution in [2.24, 2.45) is 0 Å². The summed E-state index contributed by atoms with van der Waals surface area (Å²) >= 11 is 10.7. The fourth-order valence-electron chi connectivity index (χ4n) is 0.765. The molecule has 0 saturated carbocycles. The van der Waals surface area contributed by atoms with E-state index in [0.29, 0.717) is 5.02 Å². The Balaban J connectivity index is 2.97. The van der Waals surface area contributed by atoms with Crippen molar-refractivity contribution in [3.8, 4) is 0 Å². The highest BCUT2D eigenvalue weighted by Crippen LogP contribution is 2.32. The lowest BCUT2D eigenvalue weighted by atomic mass is 10.1. The number of hydrogen-bond acceptors (Lipinski definition) is 1. The molecule has 0 unspecified atom stereocenters. The van der Waals surface area contributed by atoms with Crippen LogP contribution in [0.25, 0.3) is 0 Å². The molecule has 1 rings (SSSR count). The van der Waals surface area contributed by atoms with Crippen molar-refractivity contribution in [2.75, 3.05) is 0 Å². The number of hydrogen-bond donors (Lipinski definition) is 0. The topological polar surface area (TPSA) is 17.1 Å². The van der Waals surface area contributed by atoms with Gasteiger partial charge in [0.25, 0.3) is 3.49 Å². The van der Waals surface area contributed by atoms with Crippen LogP contribution in [-0.4, -0.2) is 9.27 Å². The van der Waals surface area contributed by atoms with Crippen LogP contribution in [0, 0.1) is 0 Å². The molecule has 5 heteroatoms. The van der Waals surface area contributed by atoms with Gasteiger partial charge >= 0.3 is 0 Å². The minimum Gasteiger partial charge on any atom is -0.288 e. The van der Waals surface area contributed by atoms with Crippen LogP contribution < -0.4 is 0 Å². The van der Waals surface area contributed by atoms with Gasteiger partial charge in [0.15, 0.2) is 0 Å². The Labute approximate surface area is 96.5 Å². The Hall–Kier alpha value is 0.0700. The van der Waals surface area contributed by atoms with Crippen LogP contribution in [0.1, 0.15) is 10.4 Å². The Morgan fingerprint density at radius 2 is 1.77 bits per heavy atom. The zero-order chi connectivity index (χ0) is 10.1. The number of Topliss-reactive ketones (excluding diaryl/α,β-unsaturated/α-hetero) is 1. The van der Waals surface area contributed by atoms with Crippen molar-refractivity contribution < 1.29 is 9.18 Å². The number of alkyl halides is 3. The maximum atomic E-state index is 13.0. The summed E-state index contributed by atoms with van der Waals surface area (Å²) in [6.07, 6.45) is 0. The normalized spacial score (nSPS) is 11.4. The molecule has 0 aliphatic carbocycles. The molecule has 1 nitrogen and oxygen atoms in total. The molecular weight excluding hydrogens is 326 g/mol. The van der Waals surface area contributed by atoms with Gasteiger partial charge in [-0.15, -0.1) is 0 Å². The molecule has 0 amide bonds. The molecule has 1 aromatic carbocycles. The van der Waals surface area contributed by atoms with E-state index in [1.807, 2.05) is 0 Å². The zero-order valence-electron chi connectivity index (χ0n) is 6.23. The first-order chi connectivity index (χ1) is 5.91. The molecule has 0 aromatic heterocycles. The molecule has 0 spiro atoms. The van der Waals surface area contributed by atoms with Crippen LogP contribution in [0.5, 0.6) is 0 Å². The summed E-state index contributed by atoms with van der Waals surface area (Å²) in [7, 11) is 0. The smallest absolute Gasteiger partial charge is 0.280 e. The fourth-order valence-corrected chi connectivity index (χ4v) is 1.35. The van der Waals surface area contributed by atoms with E-state index in [1.54, 1.807) is 0 Å². The van der Waals surface area contributed by atoms with Gasteiger partial charge in [-0.1, -0.05) is 11.6 Å². The summed E-state index contributed by atoms with van der Waals surface area (Å²) in [5, 5.41) is 0.505. The van der Waals surface area contributed by atoms with Crippen LogP contribution >= 0.6 is 43.5 Å². The predicted molar refractivity (Wildman–Crippen MR) is 57.5 cm³/mol.